The lowest BCUT2D eigenvalue weighted by atomic mass is 10.0. The summed E-state index contributed by atoms with van der Waals surface area (Å²) in [5.74, 6) is -0.636. The minimum Gasteiger partial charge on any atom is -0.422 e. The smallest absolute Gasteiger partial charge is 0.343 e. The van der Waals surface area contributed by atoms with Crippen LogP contribution in [-0.4, -0.2) is 18.1 Å². The van der Waals surface area contributed by atoms with Gasteiger partial charge in [0.25, 0.3) is 5.91 Å². The van der Waals surface area contributed by atoms with Gasteiger partial charge in [0.15, 0.2) is 0 Å². The van der Waals surface area contributed by atoms with Gasteiger partial charge in [-0.05, 0) is 59.3 Å². The molecule has 158 valence electrons. The lowest BCUT2D eigenvalue weighted by Crippen LogP contribution is -2.17. The number of ether oxygens (including phenoxy) is 1. The fourth-order valence-corrected chi connectivity index (χ4v) is 3.41. The standard InChI is InChI=1S/C25H16Cl2N2O3/c26-19-11-8-17(9-12-19)25(31)32-23-13-10-16-4-1-2-7-21(16)22(23)15-28-29-24(30)18-5-3-6-20(27)14-18/h1-15H,(H,29,30)/b28-15+. The van der Waals surface area contributed by atoms with Crippen LogP contribution < -0.4 is 10.2 Å². The van der Waals surface area contributed by atoms with Crippen LogP contribution in [0.15, 0.2) is 90.0 Å². The maximum Gasteiger partial charge on any atom is 0.343 e. The number of hydrogen-bond acceptors (Lipinski definition) is 4. The van der Waals surface area contributed by atoms with E-state index < -0.39 is 11.9 Å². The summed E-state index contributed by atoms with van der Waals surface area (Å²) in [5.41, 5.74) is 3.76. The molecular formula is C25H16Cl2N2O3. The average Bonchev–Trinajstić information content (AvgIpc) is 2.80. The first-order valence-electron chi connectivity index (χ1n) is 9.60. The van der Waals surface area contributed by atoms with Gasteiger partial charge in [-0.1, -0.05) is 59.6 Å². The van der Waals surface area contributed by atoms with Gasteiger partial charge < -0.3 is 4.74 Å². The first-order valence-corrected chi connectivity index (χ1v) is 10.4. The van der Waals surface area contributed by atoms with E-state index >= 15 is 0 Å². The second-order valence-electron chi connectivity index (χ2n) is 6.80. The Bertz CT molecular complexity index is 1330. The molecule has 0 aliphatic heterocycles. The molecule has 0 unspecified atom stereocenters. The monoisotopic (exact) mass is 462 g/mol. The van der Waals surface area contributed by atoms with E-state index in [2.05, 4.69) is 10.5 Å². The Balaban J connectivity index is 1.62. The molecule has 4 aromatic rings. The Morgan fingerprint density at radius 2 is 1.59 bits per heavy atom. The molecule has 4 rings (SSSR count). The lowest BCUT2D eigenvalue weighted by Gasteiger charge is -2.10. The van der Waals surface area contributed by atoms with Gasteiger partial charge in [0.2, 0.25) is 0 Å². The maximum absolute atomic E-state index is 12.6. The Hall–Kier alpha value is -3.67. The van der Waals surface area contributed by atoms with Gasteiger partial charge in [-0.3, -0.25) is 4.79 Å². The van der Waals surface area contributed by atoms with E-state index in [-0.39, 0.29) is 0 Å². The fourth-order valence-electron chi connectivity index (χ4n) is 3.09. The zero-order valence-electron chi connectivity index (χ0n) is 16.6. The lowest BCUT2D eigenvalue weighted by molar-refractivity contribution is 0.0734. The molecular weight excluding hydrogens is 447 g/mol. The molecule has 0 saturated carbocycles. The highest BCUT2D eigenvalue weighted by molar-refractivity contribution is 6.31. The van der Waals surface area contributed by atoms with Crippen LogP contribution in [0.5, 0.6) is 5.75 Å². The molecule has 32 heavy (non-hydrogen) atoms. The summed E-state index contributed by atoms with van der Waals surface area (Å²) in [5, 5.41) is 6.79. The number of nitrogens with zero attached hydrogens (tertiary/aromatic N) is 1. The Kier molecular flexibility index (Phi) is 6.50. The number of carbonyl (C=O) groups excluding carboxylic acids is 2. The van der Waals surface area contributed by atoms with Crippen molar-refractivity contribution in [2.24, 2.45) is 5.10 Å². The summed E-state index contributed by atoms with van der Waals surface area (Å²) >= 11 is 11.8. The minimum absolute atomic E-state index is 0.310. The molecule has 1 amide bonds. The minimum atomic E-state index is -0.533. The normalized spacial score (nSPS) is 10.9. The summed E-state index contributed by atoms with van der Waals surface area (Å²) in [6.07, 6.45) is 1.45. The maximum atomic E-state index is 12.6. The van der Waals surface area contributed by atoms with Crippen molar-refractivity contribution in [1.82, 2.24) is 5.43 Å². The third-order valence-electron chi connectivity index (χ3n) is 4.66. The highest BCUT2D eigenvalue weighted by Crippen LogP contribution is 2.27. The summed E-state index contributed by atoms with van der Waals surface area (Å²) in [6.45, 7) is 0. The number of benzene rings is 4. The van der Waals surface area contributed by atoms with Crippen LogP contribution in [0.3, 0.4) is 0 Å². The molecule has 1 N–H and O–H groups in total. The van der Waals surface area contributed by atoms with Crippen molar-refractivity contribution in [3.63, 3.8) is 0 Å². The van der Waals surface area contributed by atoms with E-state index in [1.807, 2.05) is 30.3 Å². The van der Waals surface area contributed by atoms with Crippen molar-refractivity contribution in [2.45, 2.75) is 0 Å². The highest BCUT2D eigenvalue weighted by Gasteiger charge is 2.14. The molecule has 0 saturated heterocycles. The fraction of sp³-hybridized carbons (Fsp3) is 0. The van der Waals surface area contributed by atoms with E-state index in [1.54, 1.807) is 54.6 Å². The van der Waals surface area contributed by atoms with Crippen molar-refractivity contribution in [3.8, 4) is 5.75 Å². The predicted octanol–water partition coefficient (Wildman–Crippen LogP) is 6.13. The molecule has 0 radical (unpaired) electrons. The zero-order chi connectivity index (χ0) is 22.5. The molecule has 7 heteroatoms. The van der Waals surface area contributed by atoms with Gasteiger partial charge in [-0.15, -0.1) is 0 Å². The molecule has 5 nitrogen and oxygen atoms in total. The predicted molar refractivity (Wildman–Crippen MR) is 127 cm³/mol. The zero-order valence-corrected chi connectivity index (χ0v) is 18.1. The number of hydrogen-bond donors (Lipinski definition) is 1. The van der Waals surface area contributed by atoms with E-state index in [9.17, 15) is 9.59 Å². The Morgan fingerprint density at radius 1 is 0.812 bits per heavy atom. The van der Waals surface area contributed by atoms with Crippen LogP contribution in [-0.2, 0) is 0 Å². The largest absolute Gasteiger partial charge is 0.422 e. The van der Waals surface area contributed by atoms with Crippen LogP contribution in [0.2, 0.25) is 10.0 Å². The number of rotatable bonds is 5. The SMILES string of the molecule is O=C(N/N=C/c1c(OC(=O)c2ccc(Cl)cc2)ccc2ccccc12)c1cccc(Cl)c1. The van der Waals surface area contributed by atoms with Crippen LogP contribution in [0.4, 0.5) is 0 Å². The van der Waals surface area contributed by atoms with E-state index in [1.165, 1.54) is 6.21 Å². The molecule has 0 fully saturated rings. The summed E-state index contributed by atoms with van der Waals surface area (Å²) in [6, 6.07) is 24.1. The number of hydrazone groups is 1. The van der Waals surface area contributed by atoms with E-state index in [0.29, 0.717) is 32.5 Å². The number of nitrogens with one attached hydrogen (secondary N) is 1. The quantitative estimate of drug-likeness (QED) is 0.168. The summed E-state index contributed by atoms with van der Waals surface area (Å²) < 4.78 is 5.63. The van der Waals surface area contributed by atoms with Crippen LogP contribution in [0.1, 0.15) is 26.3 Å². The molecule has 0 heterocycles. The number of esters is 1. The van der Waals surface area contributed by atoms with Crippen molar-refractivity contribution >= 4 is 52.1 Å². The van der Waals surface area contributed by atoms with Gasteiger partial charge in [0.1, 0.15) is 5.75 Å². The topological polar surface area (TPSA) is 67.8 Å². The molecule has 4 aromatic carbocycles. The van der Waals surface area contributed by atoms with Gasteiger partial charge in [0.05, 0.1) is 11.8 Å². The molecule has 0 aromatic heterocycles. The molecule has 0 bridgehead atoms. The van der Waals surface area contributed by atoms with E-state index in [4.69, 9.17) is 27.9 Å². The van der Waals surface area contributed by atoms with Crippen LogP contribution in [0, 0.1) is 0 Å². The molecule has 0 atom stereocenters. The number of carbonyl (C=O) groups is 2. The Morgan fingerprint density at radius 3 is 2.38 bits per heavy atom. The summed E-state index contributed by atoms with van der Waals surface area (Å²) in [7, 11) is 0. The van der Waals surface area contributed by atoms with E-state index in [0.717, 1.165) is 10.8 Å². The van der Waals surface area contributed by atoms with Gasteiger partial charge in [-0.25, -0.2) is 10.2 Å². The second kappa shape index (κ2) is 9.64. The third kappa shape index (κ3) is 4.97. The van der Waals surface area contributed by atoms with Crippen molar-refractivity contribution in [1.29, 1.82) is 0 Å². The first-order chi connectivity index (χ1) is 15.5. The van der Waals surface area contributed by atoms with Crippen LogP contribution >= 0.6 is 23.2 Å². The first kappa shape index (κ1) is 21.6. The highest BCUT2D eigenvalue weighted by atomic mass is 35.5. The second-order valence-corrected chi connectivity index (χ2v) is 7.68. The van der Waals surface area contributed by atoms with Crippen molar-refractivity contribution in [3.05, 3.63) is 112 Å². The van der Waals surface area contributed by atoms with Crippen molar-refractivity contribution < 1.29 is 14.3 Å². The number of halogens is 2. The number of amides is 1. The third-order valence-corrected chi connectivity index (χ3v) is 5.15. The van der Waals surface area contributed by atoms with Gasteiger partial charge in [-0.2, -0.15) is 5.10 Å². The average molecular weight is 463 g/mol. The van der Waals surface area contributed by atoms with Crippen molar-refractivity contribution in [2.75, 3.05) is 0 Å². The molecule has 0 aliphatic rings. The summed E-state index contributed by atoms with van der Waals surface area (Å²) in [4.78, 5) is 25.0. The molecule has 0 aliphatic carbocycles. The van der Waals surface area contributed by atoms with Gasteiger partial charge in [0, 0.05) is 21.2 Å². The van der Waals surface area contributed by atoms with Gasteiger partial charge >= 0.3 is 5.97 Å². The Labute approximate surface area is 194 Å². The number of fused-ring (bicyclic) bond motifs is 1. The van der Waals surface area contributed by atoms with Crippen LogP contribution in [0.25, 0.3) is 10.8 Å². The molecule has 0 spiro atoms.